The first-order chi connectivity index (χ1) is 16.6. The van der Waals surface area contributed by atoms with Crippen LogP contribution in [-0.2, 0) is 19.1 Å². The van der Waals surface area contributed by atoms with E-state index in [2.05, 4.69) is 0 Å². The number of hydrogen-bond acceptors (Lipinski definition) is 9. The number of ether oxygens (including phenoxy) is 4. The summed E-state index contributed by atoms with van der Waals surface area (Å²) >= 11 is 0. The SMILES string of the molecule is CCC(=O)Oc1ccc(C(CC(C)OC(=O)Oc2ccccc2)[C@H](N)C(=O)O)cc1OC(=O)CC. The molecule has 0 saturated heterocycles. The van der Waals surface area contributed by atoms with E-state index in [1.54, 1.807) is 51.1 Å². The summed E-state index contributed by atoms with van der Waals surface area (Å²) in [5, 5.41) is 9.55. The monoisotopic (exact) mass is 487 g/mol. The van der Waals surface area contributed by atoms with Gasteiger partial charge in [-0.25, -0.2) is 4.79 Å². The molecule has 2 rings (SSSR count). The first-order valence-electron chi connectivity index (χ1n) is 11.1. The van der Waals surface area contributed by atoms with E-state index >= 15 is 0 Å². The zero-order valence-electron chi connectivity index (χ0n) is 19.8. The van der Waals surface area contributed by atoms with Crippen LogP contribution < -0.4 is 19.9 Å². The Kier molecular flexibility index (Phi) is 10.2. The van der Waals surface area contributed by atoms with Crippen LogP contribution in [0.2, 0.25) is 0 Å². The van der Waals surface area contributed by atoms with Gasteiger partial charge in [-0.1, -0.05) is 38.1 Å². The van der Waals surface area contributed by atoms with Crippen LogP contribution >= 0.6 is 0 Å². The van der Waals surface area contributed by atoms with Crippen molar-refractivity contribution < 1.29 is 43.2 Å². The fourth-order valence-corrected chi connectivity index (χ4v) is 3.15. The van der Waals surface area contributed by atoms with E-state index in [-0.39, 0.29) is 30.8 Å². The van der Waals surface area contributed by atoms with Crippen molar-refractivity contribution in [1.82, 2.24) is 0 Å². The molecule has 0 saturated carbocycles. The third-order valence-corrected chi connectivity index (χ3v) is 4.97. The van der Waals surface area contributed by atoms with Crippen molar-refractivity contribution in [3.05, 3.63) is 54.1 Å². The maximum Gasteiger partial charge on any atom is 0.514 e. The second-order valence-electron chi connectivity index (χ2n) is 7.66. The van der Waals surface area contributed by atoms with Gasteiger partial charge >= 0.3 is 24.1 Å². The molecule has 10 nitrogen and oxygen atoms in total. The molecule has 35 heavy (non-hydrogen) atoms. The Labute approximate surface area is 202 Å². The van der Waals surface area contributed by atoms with Crippen molar-refractivity contribution in [2.45, 2.75) is 58.1 Å². The van der Waals surface area contributed by atoms with Crippen LogP contribution in [0.5, 0.6) is 17.2 Å². The Morgan fingerprint density at radius 1 is 0.886 bits per heavy atom. The van der Waals surface area contributed by atoms with Crippen LogP contribution in [0.4, 0.5) is 4.79 Å². The maximum absolute atomic E-state index is 12.1. The van der Waals surface area contributed by atoms with Gasteiger partial charge in [-0.15, -0.1) is 0 Å². The molecule has 0 fully saturated rings. The molecule has 0 aliphatic rings. The van der Waals surface area contributed by atoms with E-state index in [1.165, 1.54) is 18.2 Å². The minimum atomic E-state index is -1.37. The fourth-order valence-electron chi connectivity index (χ4n) is 3.15. The lowest BCUT2D eigenvalue weighted by Gasteiger charge is -2.25. The van der Waals surface area contributed by atoms with E-state index in [4.69, 9.17) is 24.7 Å². The van der Waals surface area contributed by atoms with Gasteiger partial charge in [0, 0.05) is 18.8 Å². The number of nitrogens with two attached hydrogens (primary N) is 1. The molecule has 0 amide bonds. The van der Waals surface area contributed by atoms with Crippen molar-refractivity contribution in [2.24, 2.45) is 5.73 Å². The second-order valence-corrected chi connectivity index (χ2v) is 7.66. The van der Waals surface area contributed by atoms with Crippen LogP contribution in [0.15, 0.2) is 48.5 Å². The van der Waals surface area contributed by atoms with Crippen molar-refractivity contribution >= 4 is 24.1 Å². The van der Waals surface area contributed by atoms with E-state index in [1.807, 2.05) is 0 Å². The molecular weight excluding hydrogens is 458 g/mol. The molecule has 0 heterocycles. The van der Waals surface area contributed by atoms with Gasteiger partial charge < -0.3 is 29.8 Å². The van der Waals surface area contributed by atoms with Crippen LogP contribution in [0.1, 0.15) is 51.5 Å². The van der Waals surface area contributed by atoms with Crippen molar-refractivity contribution in [2.75, 3.05) is 0 Å². The van der Waals surface area contributed by atoms with Gasteiger partial charge in [0.25, 0.3) is 0 Å². The number of esters is 2. The molecule has 0 aliphatic carbocycles. The molecule has 0 bridgehead atoms. The Balaban J connectivity index is 2.27. The Morgan fingerprint density at radius 2 is 1.49 bits per heavy atom. The number of carbonyl (C=O) groups is 4. The average Bonchev–Trinajstić information content (AvgIpc) is 2.83. The van der Waals surface area contributed by atoms with Crippen molar-refractivity contribution in [3.63, 3.8) is 0 Å². The summed E-state index contributed by atoms with van der Waals surface area (Å²) in [7, 11) is 0. The summed E-state index contributed by atoms with van der Waals surface area (Å²) in [4.78, 5) is 47.5. The van der Waals surface area contributed by atoms with Gasteiger partial charge in [0.05, 0.1) is 0 Å². The largest absolute Gasteiger partial charge is 0.514 e. The summed E-state index contributed by atoms with van der Waals surface area (Å²) in [6.45, 7) is 4.78. The number of carbonyl (C=O) groups excluding carboxylic acids is 3. The quantitative estimate of drug-likeness (QED) is 0.272. The highest BCUT2D eigenvalue weighted by Gasteiger charge is 2.30. The number of hydrogen-bond donors (Lipinski definition) is 2. The zero-order chi connectivity index (χ0) is 26.0. The van der Waals surface area contributed by atoms with Gasteiger partial charge in [0.2, 0.25) is 0 Å². The Hall–Kier alpha value is -3.92. The highest BCUT2D eigenvalue weighted by atomic mass is 16.7. The molecule has 0 radical (unpaired) electrons. The van der Waals surface area contributed by atoms with Crippen LogP contribution in [0.3, 0.4) is 0 Å². The number of carboxylic acids is 1. The topological polar surface area (TPSA) is 151 Å². The molecular formula is C25H29NO9. The molecule has 10 heteroatoms. The molecule has 2 aromatic carbocycles. The predicted octanol–water partition coefficient (Wildman–Crippen LogP) is 3.81. The van der Waals surface area contributed by atoms with Gasteiger partial charge in [-0.2, -0.15) is 0 Å². The second kappa shape index (κ2) is 13.1. The summed E-state index contributed by atoms with van der Waals surface area (Å²) in [5.74, 6) is -2.97. The lowest BCUT2D eigenvalue weighted by Crippen LogP contribution is -2.38. The Morgan fingerprint density at radius 3 is 2.06 bits per heavy atom. The van der Waals surface area contributed by atoms with Gasteiger partial charge in [-0.05, 0) is 43.2 Å². The van der Waals surface area contributed by atoms with Crippen LogP contribution in [0.25, 0.3) is 0 Å². The summed E-state index contributed by atoms with van der Waals surface area (Å²) in [6.07, 6.45) is -1.54. The van der Waals surface area contributed by atoms with Gasteiger partial charge in [-0.3, -0.25) is 14.4 Å². The highest BCUT2D eigenvalue weighted by molar-refractivity contribution is 5.77. The molecule has 2 aromatic rings. The summed E-state index contributed by atoms with van der Waals surface area (Å²) in [6, 6.07) is 11.3. The zero-order valence-corrected chi connectivity index (χ0v) is 19.8. The number of aliphatic carboxylic acids is 1. The molecule has 0 aromatic heterocycles. The Bertz CT molecular complexity index is 1040. The molecule has 188 valence electrons. The molecule has 3 N–H and O–H groups in total. The van der Waals surface area contributed by atoms with E-state index in [0.29, 0.717) is 11.3 Å². The van der Waals surface area contributed by atoms with E-state index in [0.717, 1.165) is 0 Å². The lowest BCUT2D eigenvalue weighted by molar-refractivity contribution is -0.139. The number of carboxylic acid groups (broad SMARTS) is 1. The normalized spacial score (nSPS) is 13.1. The van der Waals surface area contributed by atoms with Crippen LogP contribution in [0, 0.1) is 0 Å². The smallest absolute Gasteiger partial charge is 0.480 e. The summed E-state index contributed by atoms with van der Waals surface area (Å²) in [5.41, 5.74) is 6.34. The first-order valence-corrected chi connectivity index (χ1v) is 11.1. The highest BCUT2D eigenvalue weighted by Crippen LogP contribution is 2.35. The van der Waals surface area contributed by atoms with Gasteiger partial charge in [0.15, 0.2) is 11.5 Å². The fraction of sp³-hybridized carbons (Fsp3) is 0.360. The first kappa shape index (κ1) is 27.3. The molecule has 2 unspecified atom stereocenters. The van der Waals surface area contributed by atoms with Crippen molar-refractivity contribution in [1.29, 1.82) is 0 Å². The number of rotatable bonds is 11. The maximum atomic E-state index is 12.1. The predicted molar refractivity (Wildman–Crippen MR) is 124 cm³/mol. The minimum Gasteiger partial charge on any atom is -0.480 e. The number of para-hydroxylation sites is 1. The van der Waals surface area contributed by atoms with Crippen molar-refractivity contribution in [3.8, 4) is 17.2 Å². The number of benzene rings is 2. The van der Waals surface area contributed by atoms with E-state index < -0.39 is 42.1 Å². The molecule has 3 atom stereocenters. The molecule has 0 aliphatic heterocycles. The third kappa shape index (κ3) is 8.42. The summed E-state index contributed by atoms with van der Waals surface area (Å²) < 4.78 is 20.9. The molecule has 0 spiro atoms. The van der Waals surface area contributed by atoms with Crippen LogP contribution in [-0.4, -0.2) is 41.3 Å². The standard InChI is InChI=1S/C25H29NO9/c1-4-21(27)34-19-12-11-16(14-20(19)35-22(28)5-2)18(23(26)24(29)30)13-15(3)32-25(31)33-17-9-7-6-8-10-17/h6-12,14-15,18,23H,4-5,13,26H2,1-3H3,(H,29,30)/t15?,18?,23-/m0/s1. The average molecular weight is 488 g/mol. The third-order valence-electron chi connectivity index (χ3n) is 4.97. The van der Waals surface area contributed by atoms with Gasteiger partial charge in [0.1, 0.15) is 17.9 Å². The lowest BCUT2D eigenvalue weighted by atomic mass is 9.87. The van der Waals surface area contributed by atoms with E-state index in [9.17, 15) is 24.3 Å². The minimum absolute atomic E-state index is 0.0146.